The minimum absolute atomic E-state index is 0.0493. The molecule has 0 aromatic heterocycles. The van der Waals surface area contributed by atoms with Gasteiger partial charge in [-0.3, -0.25) is 14.6 Å². The van der Waals surface area contributed by atoms with E-state index in [1.807, 2.05) is 0 Å². The summed E-state index contributed by atoms with van der Waals surface area (Å²) in [5.74, 6) is 0.104. The number of carbonyl (C=O) groups excluding carboxylic acids is 1. The molecule has 1 aromatic carbocycles. The molecule has 0 radical (unpaired) electrons. The van der Waals surface area contributed by atoms with E-state index in [1.165, 1.54) is 43.5 Å². The van der Waals surface area contributed by atoms with Gasteiger partial charge in [-0.2, -0.15) is 0 Å². The van der Waals surface area contributed by atoms with Crippen molar-refractivity contribution in [2.24, 2.45) is 0 Å². The summed E-state index contributed by atoms with van der Waals surface area (Å²) < 4.78 is 15.1. The average molecular weight is 314 g/mol. The number of phosphoric ester groups is 1. The molecule has 0 fully saturated rings. The van der Waals surface area contributed by atoms with E-state index in [1.54, 1.807) is 0 Å². The Morgan fingerprint density at radius 2 is 1.62 bits per heavy atom. The molecule has 6 heteroatoms. The first-order chi connectivity index (χ1) is 9.92. The predicted molar refractivity (Wildman–Crippen MR) is 81.4 cm³/mol. The zero-order chi connectivity index (χ0) is 15.7. The van der Waals surface area contributed by atoms with Gasteiger partial charge in [-0.15, -0.1) is 0 Å². The fraction of sp³-hybridized carbons (Fsp3) is 0.533. The second-order valence-electron chi connectivity index (χ2n) is 5.05. The highest BCUT2D eigenvalue weighted by Gasteiger charge is 2.16. The zero-order valence-corrected chi connectivity index (χ0v) is 13.2. The van der Waals surface area contributed by atoms with Crippen LogP contribution in [0, 0.1) is 0 Å². The standard InChI is InChI=1S/C15H23O5P/c1-2-3-4-5-6-7-8-15(16)13-9-11-14(12-10-13)20-21(17,18)19/h9-12H,2-8H2,1H3,(H2,17,18,19). The normalized spacial score (nSPS) is 11.4. The number of unbranched alkanes of at least 4 members (excludes halogenated alkanes) is 5. The van der Waals surface area contributed by atoms with Crippen LogP contribution in [0.15, 0.2) is 24.3 Å². The van der Waals surface area contributed by atoms with Crippen molar-refractivity contribution in [1.29, 1.82) is 0 Å². The van der Waals surface area contributed by atoms with Crippen LogP contribution in [0.25, 0.3) is 0 Å². The van der Waals surface area contributed by atoms with Crippen molar-refractivity contribution in [3.8, 4) is 5.75 Å². The molecule has 0 aliphatic rings. The summed E-state index contributed by atoms with van der Waals surface area (Å²) in [7, 11) is -4.54. The van der Waals surface area contributed by atoms with E-state index in [9.17, 15) is 9.36 Å². The minimum atomic E-state index is -4.54. The highest BCUT2D eigenvalue weighted by atomic mass is 31.2. The van der Waals surface area contributed by atoms with E-state index in [4.69, 9.17) is 9.79 Å². The zero-order valence-electron chi connectivity index (χ0n) is 12.3. The molecule has 1 aromatic rings. The van der Waals surface area contributed by atoms with Crippen molar-refractivity contribution in [3.63, 3.8) is 0 Å². The SMILES string of the molecule is CCCCCCCCC(=O)c1ccc(OP(=O)(O)O)cc1. The van der Waals surface area contributed by atoms with E-state index in [0.717, 1.165) is 19.3 Å². The first-order valence-corrected chi connectivity index (χ1v) is 8.84. The molecule has 0 atom stereocenters. The predicted octanol–water partition coefficient (Wildman–Crippen LogP) is 4.09. The quantitative estimate of drug-likeness (QED) is 0.386. The summed E-state index contributed by atoms with van der Waals surface area (Å²) >= 11 is 0. The van der Waals surface area contributed by atoms with Gasteiger partial charge in [0.25, 0.3) is 0 Å². The van der Waals surface area contributed by atoms with Crippen LogP contribution in [0.5, 0.6) is 5.75 Å². The van der Waals surface area contributed by atoms with Crippen LogP contribution in [-0.4, -0.2) is 15.6 Å². The second kappa shape index (κ2) is 8.98. The molecule has 1 rings (SSSR count). The second-order valence-corrected chi connectivity index (χ2v) is 6.21. The first kappa shape index (κ1) is 17.9. The number of rotatable bonds is 10. The number of hydrogen-bond donors (Lipinski definition) is 2. The van der Waals surface area contributed by atoms with E-state index in [0.29, 0.717) is 12.0 Å². The molecule has 0 aliphatic heterocycles. The molecule has 0 spiro atoms. The lowest BCUT2D eigenvalue weighted by molar-refractivity contribution is 0.0979. The Hall–Kier alpha value is -1.16. The highest BCUT2D eigenvalue weighted by Crippen LogP contribution is 2.37. The van der Waals surface area contributed by atoms with Crippen LogP contribution >= 0.6 is 7.82 Å². The van der Waals surface area contributed by atoms with Gasteiger partial charge in [0.15, 0.2) is 5.78 Å². The van der Waals surface area contributed by atoms with Crippen LogP contribution in [0.2, 0.25) is 0 Å². The fourth-order valence-electron chi connectivity index (χ4n) is 2.05. The molecule has 0 saturated heterocycles. The minimum Gasteiger partial charge on any atom is -0.404 e. The Balaban J connectivity index is 2.36. The number of benzene rings is 1. The average Bonchev–Trinajstić information content (AvgIpc) is 2.41. The van der Waals surface area contributed by atoms with Gasteiger partial charge < -0.3 is 4.52 Å². The Kier molecular flexibility index (Phi) is 7.65. The van der Waals surface area contributed by atoms with Gasteiger partial charge >= 0.3 is 7.82 Å². The summed E-state index contributed by atoms with van der Waals surface area (Å²) in [5.41, 5.74) is 0.543. The molecule has 0 aliphatic carbocycles. The molecule has 0 amide bonds. The van der Waals surface area contributed by atoms with E-state index in [-0.39, 0.29) is 11.5 Å². The van der Waals surface area contributed by atoms with Crippen molar-refractivity contribution in [2.45, 2.75) is 51.9 Å². The van der Waals surface area contributed by atoms with E-state index < -0.39 is 7.82 Å². The third-order valence-electron chi connectivity index (χ3n) is 3.16. The Labute approximate surface area is 125 Å². The topological polar surface area (TPSA) is 83.8 Å². The number of phosphoric acid groups is 1. The van der Waals surface area contributed by atoms with Crippen molar-refractivity contribution < 1.29 is 23.7 Å². The Morgan fingerprint density at radius 3 is 2.19 bits per heavy atom. The lowest BCUT2D eigenvalue weighted by Gasteiger charge is -2.07. The summed E-state index contributed by atoms with van der Waals surface area (Å²) in [5, 5.41) is 0. The van der Waals surface area contributed by atoms with Gasteiger partial charge in [-0.1, -0.05) is 39.0 Å². The summed E-state index contributed by atoms with van der Waals surface area (Å²) in [6, 6.07) is 5.86. The Bertz CT molecular complexity index is 477. The lowest BCUT2D eigenvalue weighted by atomic mass is 10.0. The maximum absolute atomic E-state index is 11.9. The molecular formula is C15H23O5P. The molecule has 0 unspecified atom stereocenters. The molecule has 0 saturated carbocycles. The van der Waals surface area contributed by atoms with Crippen molar-refractivity contribution in [2.75, 3.05) is 0 Å². The third-order valence-corrected chi connectivity index (χ3v) is 3.61. The number of carbonyl (C=O) groups is 1. The molecule has 0 bridgehead atoms. The van der Waals surface area contributed by atoms with E-state index in [2.05, 4.69) is 11.4 Å². The van der Waals surface area contributed by atoms with Crippen LogP contribution in [0.4, 0.5) is 0 Å². The maximum Gasteiger partial charge on any atom is 0.524 e. The Morgan fingerprint density at radius 1 is 1.05 bits per heavy atom. The van der Waals surface area contributed by atoms with Gasteiger partial charge in [0.05, 0.1) is 0 Å². The van der Waals surface area contributed by atoms with Crippen LogP contribution in [-0.2, 0) is 4.57 Å². The molecule has 5 nitrogen and oxygen atoms in total. The lowest BCUT2D eigenvalue weighted by Crippen LogP contribution is -1.99. The summed E-state index contributed by atoms with van der Waals surface area (Å²) in [6.07, 6.45) is 7.28. The van der Waals surface area contributed by atoms with Crippen molar-refractivity contribution in [1.82, 2.24) is 0 Å². The van der Waals surface area contributed by atoms with Gasteiger partial charge in [0.1, 0.15) is 5.75 Å². The van der Waals surface area contributed by atoms with Gasteiger partial charge in [0.2, 0.25) is 0 Å². The highest BCUT2D eigenvalue weighted by molar-refractivity contribution is 7.46. The molecule has 0 heterocycles. The van der Waals surface area contributed by atoms with Gasteiger partial charge in [-0.25, -0.2) is 4.57 Å². The number of Topliss-reactive ketones (excluding diaryl/α,β-unsaturated/α-hetero) is 1. The number of hydrogen-bond acceptors (Lipinski definition) is 3. The van der Waals surface area contributed by atoms with Gasteiger partial charge in [0, 0.05) is 12.0 Å². The smallest absolute Gasteiger partial charge is 0.404 e. The fourth-order valence-corrected chi connectivity index (χ4v) is 2.45. The molecular weight excluding hydrogens is 291 g/mol. The molecule has 118 valence electrons. The molecule has 21 heavy (non-hydrogen) atoms. The number of ketones is 1. The first-order valence-electron chi connectivity index (χ1n) is 7.31. The largest absolute Gasteiger partial charge is 0.524 e. The molecule has 2 N–H and O–H groups in total. The monoisotopic (exact) mass is 314 g/mol. The van der Waals surface area contributed by atoms with Crippen LogP contribution < -0.4 is 4.52 Å². The van der Waals surface area contributed by atoms with Crippen molar-refractivity contribution >= 4 is 13.6 Å². The third kappa shape index (κ3) is 8.00. The van der Waals surface area contributed by atoms with Crippen LogP contribution in [0.3, 0.4) is 0 Å². The van der Waals surface area contributed by atoms with Crippen LogP contribution in [0.1, 0.15) is 62.2 Å². The van der Waals surface area contributed by atoms with Gasteiger partial charge in [-0.05, 0) is 30.7 Å². The van der Waals surface area contributed by atoms with E-state index >= 15 is 0 Å². The summed E-state index contributed by atoms with van der Waals surface area (Å²) in [6.45, 7) is 2.17. The van der Waals surface area contributed by atoms with Crippen molar-refractivity contribution in [3.05, 3.63) is 29.8 Å². The summed E-state index contributed by atoms with van der Waals surface area (Å²) in [4.78, 5) is 29.3. The maximum atomic E-state index is 11.9.